The van der Waals surface area contributed by atoms with Crippen LogP contribution in [0.1, 0.15) is 55.7 Å². The Bertz CT molecular complexity index is 1540. The molecular formula is C30H36F2N7O4+. The highest BCUT2D eigenvalue weighted by atomic mass is 19.2. The van der Waals surface area contributed by atoms with E-state index < -0.39 is 23.3 Å². The van der Waals surface area contributed by atoms with Gasteiger partial charge in [-0.05, 0) is 44.4 Å². The smallest absolute Gasteiger partial charge is 0.394 e. The molecule has 1 fully saturated rings. The molecule has 3 aromatic rings. The van der Waals surface area contributed by atoms with E-state index in [0.717, 1.165) is 11.8 Å². The molecule has 1 spiro atoms. The van der Waals surface area contributed by atoms with Crippen molar-refractivity contribution in [2.75, 3.05) is 44.7 Å². The zero-order chi connectivity index (χ0) is 30.4. The van der Waals surface area contributed by atoms with E-state index in [-0.39, 0.29) is 41.2 Å². The van der Waals surface area contributed by atoms with Gasteiger partial charge in [0.15, 0.2) is 23.1 Å². The van der Waals surface area contributed by atoms with E-state index in [1.807, 2.05) is 24.5 Å². The molecule has 3 N–H and O–H groups in total. The number of urea groups is 2. The maximum absolute atomic E-state index is 15.0. The fourth-order valence-electron chi connectivity index (χ4n) is 6.60. The van der Waals surface area contributed by atoms with Crippen LogP contribution in [0, 0.1) is 11.6 Å². The van der Waals surface area contributed by atoms with Gasteiger partial charge in [-0.3, -0.25) is 5.32 Å². The summed E-state index contributed by atoms with van der Waals surface area (Å²) in [6.45, 7) is 5.55. The number of amides is 4. The van der Waals surface area contributed by atoms with Gasteiger partial charge in [0.1, 0.15) is 24.5 Å². The van der Waals surface area contributed by atoms with Crippen molar-refractivity contribution in [3.63, 3.8) is 0 Å². The molecule has 2 aromatic heterocycles. The quantitative estimate of drug-likeness (QED) is 0.370. The maximum atomic E-state index is 15.0. The monoisotopic (exact) mass is 596 g/mol. The molecule has 0 radical (unpaired) electrons. The number of halogens is 2. The van der Waals surface area contributed by atoms with Crippen molar-refractivity contribution >= 4 is 23.6 Å². The highest BCUT2D eigenvalue weighted by molar-refractivity contribution is 6.06. The first kappa shape index (κ1) is 29.1. The topological polar surface area (TPSA) is 122 Å². The first-order valence-electron chi connectivity index (χ1n) is 14.6. The Hall–Kier alpha value is -3.94. The number of quaternary nitrogens is 1. The molecule has 4 amide bonds. The minimum Gasteiger partial charge on any atom is -0.394 e. The SMILES string of the molecule is CC(C)(OCCO)c1cnc2n1C[C@H](c1cccc(F)c1F)CC[C@H]2NC(=O)N1CC[N+]2(CC1)C(=O)Nc1ncccc12. The lowest BCUT2D eigenvalue weighted by molar-refractivity contribution is -0.0421. The molecule has 0 bridgehead atoms. The van der Waals surface area contributed by atoms with Crippen molar-refractivity contribution in [2.45, 2.75) is 50.8 Å². The van der Waals surface area contributed by atoms with Gasteiger partial charge in [-0.1, -0.05) is 12.1 Å². The van der Waals surface area contributed by atoms with Crippen LogP contribution in [0.3, 0.4) is 0 Å². The number of imidazole rings is 1. The molecule has 43 heavy (non-hydrogen) atoms. The molecule has 6 rings (SSSR count). The first-order chi connectivity index (χ1) is 20.6. The van der Waals surface area contributed by atoms with Crippen LogP contribution in [0.25, 0.3) is 0 Å². The van der Waals surface area contributed by atoms with Gasteiger partial charge >= 0.3 is 12.1 Å². The summed E-state index contributed by atoms with van der Waals surface area (Å²) in [6.07, 6.45) is 4.26. The number of hydrogen-bond donors (Lipinski definition) is 3. The number of anilines is 1. The van der Waals surface area contributed by atoms with E-state index in [1.54, 1.807) is 29.4 Å². The Balaban J connectivity index is 1.24. The number of hydrogen-bond acceptors (Lipinski definition) is 6. The van der Waals surface area contributed by atoms with Gasteiger partial charge in [0.2, 0.25) is 0 Å². The molecule has 228 valence electrons. The first-order valence-corrected chi connectivity index (χ1v) is 14.6. The third-order valence-corrected chi connectivity index (χ3v) is 8.95. The lowest BCUT2D eigenvalue weighted by Gasteiger charge is -2.38. The lowest BCUT2D eigenvalue weighted by Crippen LogP contribution is -2.64. The minimum atomic E-state index is -0.903. The van der Waals surface area contributed by atoms with Crippen molar-refractivity contribution in [3.8, 4) is 0 Å². The van der Waals surface area contributed by atoms with Crippen LogP contribution < -0.4 is 15.1 Å². The predicted molar refractivity (Wildman–Crippen MR) is 154 cm³/mol. The fraction of sp³-hybridized carbons (Fsp3) is 0.467. The number of nitrogens with zero attached hydrogens (tertiary/aromatic N) is 5. The van der Waals surface area contributed by atoms with Crippen molar-refractivity contribution in [1.29, 1.82) is 0 Å². The number of piperazine rings is 1. The third-order valence-electron chi connectivity index (χ3n) is 8.95. The second-order valence-corrected chi connectivity index (χ2v) is 11.8. The normalized spacial score (nSPS) is 21.2. The number of carbonyl (C=O) groups excluding carboxylic acids is 2. The second kappa shape index (κ2) is 11.3. The standard InChI is InChI=1S/C30H35F2N7O4/c1-30(2,43-16-15-40)24-17-34-27-22(9-8-19(18-38(24)27)20-5-3-6-21(31)25(20)32)35-28(41)37-11-13-39(14-12-37)23-7-4-10-33-26(23)36-29(39)42/h3-7,10,17,19,22,40H,8-9,11-16,18H2,1-2H3,(H-,33,35,36,41,42)/p+1/t19-,22-/m1/s1. The van der Waals surface area contributed by atoms with Gasteiger partial charge in [0.05, 0.1) is 44.2 Å². The molecule has 3 aliphatic rings. The Kier molecular flexibility index (Phi) is 7.65. The van der Waals surface area contributed by atoms with Gasteiger partial charge in [0.25, 0.3) is 0 Å². The average Bonchev–Trinajstić information content (AvgIpc) is 3.48. The summed E-state index contributed by atoms with van der Waals surface area (Å²) < 4.78 is 37.1. The van der Waals surface area contributed by atoms with Crippen molar-refractivity contribution in [1.82, 2.24) is 29.2 Å². The molecule has 0 saturated carbocycles. The van der Waals surface area contributed by atoms with E-state index in [1.165, 1.54) is 6.07 Å². The molecule has 2 atom stereocenters. The van der Waals surface area contributed by atoms with E-state index in [2.05, 4.69) is 20.6 Å². The van der Waals surface area contributed by atoms with Crippen LogP contribution in [0.2, 0.25) is 0 Å². The largest absolute Gasteiger partial charge is 0.427 e. The Morgan fingerprint density at radius 2 is 1.98 bits per heavy atom. The van der Waals surface area contributed by atoms with Crippen molar-refractivity contribution in [2.24, 2.45) is 0 Å². The van der Waals surface area contributed by atoms with Crippen LogP contribution in [-0.4, -0.2) is 76.0 Å². The maximum Gasteiger partial charge on any atom is 0.427 e. The van der Waals surface area contributed by atoms with Crippen LogP contribution in [0.15, 0.2) is 42.7 Å². The van der Waals surface area contributed by atoms with Gasteiger partial charge in [-0.2, -0.15) is 0 Å². The molecular weight excluding hydrogens is 560 g/mol. The van der Waals surface area contributed by atoms with E-state index in [4.69, 9.17) is 4.74 Å². The minimum absolute atomic E-state index is 0.105. The van der Waals surface area contributed by atoms with Crippen molar-refractivity contribution < 1.29 is 28.2 Å². The fourth-order valence-corrected chi connectivity index (χ4v) is 6.60. The highest BCUT2D eigenvalue weighted by Gasteiger charge is 2.50. The summed E-state index contributed by atoms with van der Waals surface area (Å²) in [4.78, 5) is 37.2. The van der Waals surface area contributed by atoms with Crippen LogP contribution in [-0.2, 0) is 16.9 Å². The van der Waals surface area contributed by atoms with Crippen LogP contribution >= 0.6 is 0 Å². The lowest BCUT2D eigenvalue weighted by atomic mass is 9.92. The number of nitrogens with one attached hydrogen (secondary N) is 2. The zero-order valence-electron chi connectivity index (χ0n) is 24.2. The molecule has 3 aliphatic heterocycles. The molecule has 5 heterocycles. The molecule has 0 unspecified atom stereocenters. The average molecular weight is 597 g/mol. The molecule has 1 aromatic carbocycles. The number of fused-ring (bicyclic) bond motifs is 3. The van der Waals surface area contributed by atoms with E-state index in [0.29, 0.717) is 62.9 Å². The molecule has 0 aliphatic carbocycles. The zero-order valence-corrected chi connectivity index (χ0v) is 24.2. The van der Waals surface area contributed by atoms with Gasteiger partial charge < -0.3 is 24.6 Å². The number of aliphatic hydroxyl groups excluding tert-OH is 1. The van der Waals surface area contributed by atoms with Gasteiger partial charge in [0, 0.05) is 24.7 Å². The van der Waals surface area contributed by atoms with Gasteiger partial charge in [-0.15, -0.1) is 0 Å². The summed E-state index contributed by atoms with van der Waals surface area (Å²) in [5.74, 6) is -0.994. The summed E-state index contributed by atoms with van der Waals surface area (Å²) in [5.41, 5.74) is 0.947. The van der Waals surface area contributed by atoms with Gasteiger partial charge in [-0.25, -0.2) is 32.8 Å². The number of ether oxygens (including phenoxy) is 1. The van der Waals surface area contributed by atoms with Crippen molar-refractivity contribution in [3.05, 3.63) is 71.4 Å². The number of carbonyl (C=O) groups is 2. The number of rotatable bonds is 6. The second-order valence-electron chi connectivity index (χ2n) is 11.8. The molecule has 11 nitrogen and oxygen atoms in total. The number of aromatic nitrogens is 3. The van der Waals surface area contributed by atoms with Crippen LogP contribution in [0.4, 0.5) is 29.9 Å². The summed E-state index contributed by atoms with van der Waals surface area (Å²) in [6, 6.07) is 6.97. The predicted octanol–water partition coefficient (Wildman–Crippen LogP) is 4.00. The summed E-state index contributed by atoms with van der Waals surface area (Å²) >= 11 is 0. The Morgan fingerprint density at radius 1 is 1.19 bits per heavy atom. The third kappa shape index (κ3) is 5.15. The Morgan fingerprint density at radius 3 is 2.74 bits per heavy atom. The summed E-state index contributed by atoms with van der Waals surface area (Å²) in [5, 5.41) is 15.3. The number of aliphatic hydroxyl groups is 1. The number of benzene rings is 1. The Labute approximate surface area is 248 Å². The molecule has 1 saturated heterocycles. The number of pyridine rings is 1. The van der Waals surface area contributed by atoms with E-state index >= 15 is 0 Å². The highest BCUT2D eigenvalue weighted by Crippen LogP contribution is 2.39. The van der Waals surface area contributed by atoms with E-state index in [9.17, 15) is 23.5 Å². The van der Waals surface area contributed by atoms with Crippen LogP contribution in [0.5, 0.6) is 0 Å². The molecule has 13 heteroatoms. The summed E-state index contributed by atoms with van der Waals surface area (Å²) in [7, 11) is 0.